The molecule has 0 atom stereocenters. The molecule has 4 rings (SSSR count). The summed E-state index contributed by atoms with van der Waals surface area (Å²) in [6.45, 7) is 2.88. The summed E-state index contributed by atoms with van der Waals surface area (Å²) >= 11 is 0. The van der Waals surface area contributed by atoms with Crippen molar-refractivity contribution in [3.05, 3.63) is 94.4 Å². The van der Waals surface area contributed by atoms with E-state index >= 15 is 0 Å². The number of aromatic nitrogens is 1. The molecule has 1 amide bonds. The van der Waals surface area contributed by atoms with Gasteiger partial charge in [-0.15, -0.1) is 0 Å². The van der Waals surface area contributed by atoms with Gasteiger partial charge in [0.25, 0.3) is 11.5 Å². The lowest BCUT2D eigenvalue weighted by Crippen LogP contribution is -2.29. The molecule has 0 aliphatic carbocycles. The van der Waals surface area contributed by atoms with Gasteiger partial charge in [-0.1, -0.05) is 30.3 Å². The van der Waals surface area contributed by atoms with Crippen LogP contribution in [0.1, 0.15) is 22.8 Å². The van der Waals surface area contributed by atoms with Gasteiger partial charge in [-0.2, -0.15) is 0 Å². The Hall–Kier alpha value is -4.26. The van der Waals surface area contributed by atoms with E-state index in [4.69, 9.17) is 14.2 Å². The Morgan fingerprint density at radius 3 is 2.14 bits per heavy atom. The number of nitrogens with zero attached hydrogens (tertiary/aromatic N) is 2. The molecule has 180 valence electrons. The number of carbonyl (C=O) groups is 1. The summed E-state index contributed by atoms with van der Waals surface area (Å²) in [4.78, 5) is 28.9. The SMILES string of the molecule is CCOc1ccc(-n2cc(C(=O)N(C)Cc3ccccc3)c3cc(OC)c(OC)cc3c2=O)cc1. The van der Waals surface area contributed by atoms with Crippen molar-refractivity contribution in [3.63, 3.8) is 0 Å². The van der Waals surface area contributed by atoms with Gasteiger partial charge in [0.1, 0.15) is 5.75 Å². The minimum atomic E-state index is -0.271. The molecule has 0 saturated carbocycles. The zero-order valence-corrected chi connectivity index (χ0v) is 20.3. The highest BCUT2D eigenvalue weighted by Gasteiger charge is 2.21. The molecule has 3 aromatic carbocycles. The lowest BCUT2D eigenvalue weighted by atomic mass is 10.0. The average molecular weight is 473 g/mol. The van der Waals surface area contributed by atoms with E-state index in [9.17, 15) is 9.59 Å². The van der Waals surface area contributed by atoms with E-state index < -0.39 is 0 Å². The van der Waals surface area contributed by atoms with Crippen LogP contribution in [0.2, 0.25) is 0 Å². The second-order valence-electron chi connectivity index (χ2n) is 8.04. The fourth-order valence-electron chi connectivity index (χ4n) is 4.03. The van der Waals surface area contributed by atoms with Crippen molar-refractivity contribution in [1.29, 1.82) is 0 Å². The molecule has 0 fully saturated rings. The first-order valence-electron chi connectivity index (χ1n) is 11.3. The van der Waals surface area contributed by atoms with Crippen LogP contribution in [0.3, 0.4) is 0 Å². The smallest absolute Gasteiger partial charge is 0.263 e. The van der Waals surface area contributed by atoms with E-state index in [-0.39, 0.29) is 11.5 Å². The van der Waals surface area contributed by atoms with Crippen molar-refractivity contribution in [3.8, 4) is 22.9 Å². The zero-order valence-electron chi connectivity index (χ0n) is 20.3. The molecule has 0 saturated heterocycles. The summed E-state index contributed by atoms with van der Waals surface area (Å²) < 4.78 is 17.9. The Morgan fingerprint density at radius 1 is 0.914 bits per heavy atom. The number of hydrogen-bond donors (Lipinski definition) is 0. The van der Waals surface area contributed by atoms with Crippen LogP contribution in [0.5, 0.6) is 17.2 Å². The third kappa shape index (κ3) is 4.84. The topological polar surface area (TPSA) is 70.0 Å². The Bertz CT molecular complexity index is 1400. The predicted molar refractivity (Wildman–Crippen MR) is 136 cm³/mol. The van der Waals surface area contributed by atoms with Crippen LogP contribution < -0.4 is 19.8 Å². The molecule has 7 heteroatoms. The van der Waals surface area contributed by atoms with Crippen molar-refractivity contribution in [1.82, 2.24) is 9.47 Å². The van der Waals surface area contributed by atoms with Crippen LogP contribution in [-0.2, 0) is 6.54 Å². The van der Waals surface area contributed by atoms with Crippen molar-refractivity contribution in [2.24, 2.45) is 0 Å². The first-order valence-corrected chi connectivity index (χ1v) is 11.3. The number of rotatable bonds is 8. The number of amides is 1. The van der Waals surface area contributed by atoms with Crippen LogP contribution in [0.25, 0.3) is 16.5 Å². The molecule has 1 heterocycles. The molecular weight excluding hydrogens is 444 g/mol. The molecule has 35 heavy (non-hydrogen) atoms. The third-order valence-corrected chi connectivity index (χ3v) is 5.79. The number of ether oxygens (including phenoxy) is 3. The molecule has 0 unspecified atom stereocenters. The van der Waals surface area contributed by atoms with E-state index in [1.807, 2.05) is 37.3 Å². The van der Waals surface area contributed by atoms with Gasteiger partial charge in [0.2, 0.25) is 0 Å². The number of hydrogen-bond acceptors (Lipinski definition) is 5. The number of methoxy groups -OCH3 is 2. The standard InChI is InChI=1S/C28H28N2O5/c1-5-35-21-13-11-20(12-14-21)30-18-24(27(31)29(2)17-19-9-7-6-8-10-19)22-15-25(33-3)26(34-4)16-23(22)28(30)32/h6-16,18H,5,17H2,1-4H3. The number of benzene rings is 3. The summed E-state index contributed by atoms with van der Waals surface area (Å²) in [5.74, 6) is 1.34. The molecule has 7 nitrogen and oxygen atoms in total. The van der Waals surface area contributed by atoms with Crippen molar-refractivity contribution in [2.45, 2.75) is 13.5 Å². The second kappa shape index (κ2) is 10.3. The van der Waals surface area contributed by atoms with E-state index in [1.165, 1.54) is 18.8 Å². The normalized spacial score (nSPS) is 10.7. The van der Waals surface area contributed by atoms with Crippen LogP contribution in [0.4, 0.5) is 0 Å². The number of carbonyl (C=O) groups excluding carboxylic acids is 1. The third-order valence-electron chi connectivity index (χ3n) is 5.79. The highest BCUT2D eigenvalue weighted by atomic mass is 16.5. The Labute approximate surface area is 204 Å². The van der Waals surface area contributed by atoms with Crippen LogP contribution in [0.15, 0.2) is 77.7 Å². The van der Waals surface area contributed by atoms with Crippen LogP contribution in [0, 0.1) is 0 Å². The molecule has 0 radical (unpaired) electrons. The summed E-state index contributed by atoms with van der Waals surface area (Å²) in [5, 5.41) is 0.857. The molecule has 0 spiro atoms. The van der Waals surface area contributed by atoms with Crippen LogP contribution in [-0.4, -0.2) is 43.2 Å². The fourth-order valence-corrected chi connectivity index (χ4v) is 4.03. The fraction of sp³-hybridized carbons (Fsp3) is 0.214. The van der Waals surface area contributed by atoms with Gasteiger partial charge in [-0.05, 0) is 48.9 Å². The van der Waals surface area contributed by atoms with Gasteiger partial charge >= 0.3 is 0 Å². The summed E-state index contributed by atoms with van der Waals surface area (Å²) in [5.41, 5.74) is 1.74. The van der Waals surface area contributed by atoms with Crippen molar-refractivity contribution >= 4 is 16.7 Å². The Kier molecular flexibility index (Phi) is 7.06. The van der Waals surface area contributed by atoms with E-state index in [2.05, 4.69) is 0 Å². The maximum atomic E-state index is 13.7. The minimum Gasteiger partial charge on any atom is -0.494 e. The summed E-state index contributed by atoms with van der Waals surface area (Å²) in [6.07, 6.45) is 1.59. The molecule has 0 bridgehead atoms. The lowest BCUT2D eigenvalue weighted by Gasteiger charge is -2.20. The number of pyridine rings is 1. The summed E-state index contributed by atoms with van der Waals surface area (Å²) in [6, 6.07) is 20.2. The molecule has 0 aliphatic heterocycles. The van der Waals surface area contributed by atoms with Gasteiger partial charge in [0.15, 0.2) is 11.5 Å². The largest absolute Gasteiger partial charge is 0.494 e. The molecule has 1 aromatic heterocycles. The van der Waals surface area contributed by atoms with E-state index in [0.717, 1.165) is 5.56 Å². The average Bonchev–Trinajstić information content (AvgIpc) is 2.89. The van der Waals surface area contributed by atoms with Gasteiger partial charge < -0.3 is 19.1 Å². The lowest BCUT2D eigenvalue weighted by molar-refractivity contribution is 0.0786. The first-order chi connectivity index (χ1) is 17.0. The first kappa shape index (κ1) is 23.9. The highest BCUT2D eigenvalue weighted by molar-refractivity contribution is 6.07. The van der Waals surface area contributed by atoms with Gasteiger partial charge in [-0.25, -0.2) is 0 Å². The van der Waals surface area contributed by atoms with Crippen molar-refractivity contribution in [2.75, 3.05) is 27.9 Å². The molecular formula is C28H28N2O5. The maximum Gasteiger partial charge on any atom is 0.263 e. The Morgan fingerprint density at radius 2 is 1.54 bits per heavy atom. The minimum absolute atomic E-state index is 0.217. The molecule has 4 aromatic rings. The van der Waals surface area contributed by atoms with Gasteiger partial charge in [0.05, 0.1) is 31.8 Å². The monoisotopic (exact) mass is 472 g/mol. The Balaban J connectivity index is 1.89. The maximum absolute atomic E-state index is 13.7. The highest BCUT2D eigenvalue weighted by Crippen LogP contribution is 2.33. The van der Waals surface area contributed by atoms with Crippen LogP contribution >= 0.6 is 0 Å². The zero-order chi connectivity index (χ0) is 24.9. The molecule has 0 N–H and O–H groups in total. The van der Waals surface area contributed by atoms with Gasteiger partial charge in [-0.3, -0.25) is 14.2 Å². The second-order valence-corrected chi connectivity index (χ2v) is 8.04. The van der Waals surface area contributed by atoms with E-state index in [0.29, 0.717) is 52.4 Å². The van der Waals surface area contributed by atoms with E-state index in [1.54, 1.807) is 54.5 Å². The molecule has 0 aliphatic rings. The predicted octanol–water partition coefficient (Wildman–Crippen LogP) is 4.68. The van der Waals surface area contributed by atoms with Crippen molar-refractivity contribution < 1.29 is 19.0 Å². The van der Waals surface area contributed by atoms with Gasteiger partial charge in [0, 0.05) is 30.9 Å². The quantitative estimate of drug-likeness (QED) is 0.373. The number of fused-ring (bicyclic) bond motifs is 1. The summed E-state index contributed by atoms with van der Waals surface area (Å²) in [7, 11) is 4.78.